The molecule has 1 saturated carbocycles. The van der Waals surface area contributed by atoms with Gasteiger partial charge in [-0.25, -0.2) is 4.39 Å². The molecule has 2 aliphatic rings. The Morgan fingerprint density at radius 2 is 1.73 bits per heavy atom. The normalized spacial score (nSPS) is 18.1. The molecule has 136 valence electrons. The molecule has 0 atom stereocenters. The van der Waals surface area contributed by atoms with Crippen LogP contribution in [-0.4, -0.2) is 48.4 Å². The van der Waals surface area contributed by atoms with Gasteiger partial charge in [0, 0.05) is 38.3 Å². The van der Waals surface area contributed by atoms with Gasteiger partial charge in [0.15, 0.2) is 0 Å². The van der Waals surface area contributed by atoms with Crippen LogP contribution in [0.5, 0.6) is 0 Å². The highest BCUT2D eigenvalue weighted by Gasteiger charge is 2.27. The Balaban J connectivity index is 1.35. The topological polar surface area (TPSA) is 23.6 Å². The third-order valence-corrected chi connectivity index (χ3v) is 5.41. The average molecular weight is 352 g/mol. The number of amides is 1. The van der Waals surface area contributed by atoms with Gasteiger partial charge in [0.25, 0.3) is 0 Å². The lowest BCUT2D eigenvalue weighted by Crippen LogP contribution is -2.49. The van der Waals surface area contributed by atoms with E-state index in [1.165, 1.54) is 25.5 Å². The van der Waals surface area contributed by atoms with E-state index in [0.717, 1.165) is 43.2 Å². The van der Waals surface area contributed by atoms with E-state index in [0.29, 0.717) is 5.56 Å². The Morgan fingerprint density at radius 1 is 1.00 bits per heavy atom. The fourth-order valence-corrected chi connectivity index (χ4v) is 3.65. The maximum Gasteiger partial charge on any atom is 0.227 e. The zero-order chi connectivity index (χ0) is 17.9. The summed E-state index contributed by atoms with van der Waals surface area (Å²) in [5.41, 5.74) is 2.18. The van der Waals surface area contributed by atoms with Crippen LogP contribution in [-0.2, 0) is 11.2 Å². The monoisotopic (exact) mass is 352 g/mol. The molecule has 0 N–H and O–H groups in total. The maximum absolute atomic E-state index is 14.5. The average Bonchev–Trinajstić information content (AvgIpc) is 3.47. The van der Waals surface area contributed by atoms with Crippen LogP contribution < -0.4 is 0 Å². The molecule has 2 fully saturated rings. The standard InChI is InChI=1S/C22H25FN2O/c23-21-14-18(8-9-20(21)19-4-2-1-3-5-19)15-22(26)25-12-10-24(11-13-25)16-17-6-7-17/h1-5,8-9,14,17H,6-7,10-13,15-16H2. The fourth-order valence-electron chi connectivity index (χ4n) is 3.65. The van der Waals surface area contributed by atoms with E-state index < -0.39 is 0 Å². The third-order valence-electron chi connectivity index (χ3n) is 5.41. The molecule has 0 spiro atoms. The van der Waals surface area contributed by atoms with Crippen molar-refractivity contribution in [1.29, 1.82) is 0 Å². The van der Waals surface area contributed by atoms with Gasteiger partial charge in [0.2, 0.25) is 5.91 Å². The minimum absolute atomic E-state index is 0.0999. The van der Waals surface area contributed by atoms with Gasteiger partial charge >= 0.3 is 0 Å². The largest absolute Gasteiger partial charge is 0.340 e. The van der Waals surface area contributed by atoms with Crippen molar-refractivity contribution in [2.75, 3.05) is 32.7 Å². The molecule has 0 bridgehead atoms. The van der Waals surface area contributed by atoms with Crippen molar-refractivity contribution in [2.24, 2.45) is 5.92 Å². The third kappa shape index (κ3) is 4.13. The zero-order valence-corrected chi connectivity index (χ0v) is 15.0. The van der Waals surface area contributed by atoms with Crippen LogP contribution in [0.4, 0.5) is 4.39 Å². The SMILES string of the molecule is O=C(Cc1ccc(-c2ccccc2)c(F)c1)N1CCN(CC2CC2)CC1. The predicted octanol–water partition coefficient (Wildman–Crippen LogP) is 3.59. The minimum Gasteiger partial charge on any atom is -0.340 e. The Labute approximate surface area is 154 Å². The second-order valence-corrected chi connectivity index (χ2v) is 7.48. The highest BCUT2D eigenvalue weighted by Crippen LogP contribution is 2.30. The van der Waals surface area contributed by atoms with Crippen molar-refractivity contribution in [3.63, 3.8) is 0 Å². The van der Waals surface area contributed by atoms with Crippen LogP contribution in [0.25, 0.3) is 11.1 Å². The summed E-state index contributed by atoms with van der Waals surface area (Å²) >= 11 is 0. The zero-order valence-electron chi connectivity index (χ0n) is 15.0. The predicted molar refractivity (Wildman–Crippen MR) is 101 cm³/mol. The van der Waals surface area contributed by atoms with Crippen LogP contribution in [0.15, 0.2) is 48.5 Å². The first kappa shape index (κ1) is 17.2. The van der Waals surface area contributed by atoms with Gasteiger partial charge in [0.05, 0.1) is 6.42 Å². The van der Waals surface area contributed by atoms with E-state index >= 15 is 0 Å². The van der Waals surface area contributed by atoms with Crippen molar-refractivity contribution < 1.29 is 9.18 Å². The number of carbonyl (C=O) groups is 1. The molecule has 3 nitrogen and oxygen atoms in total. The van der Waals surface area contributed by atoms with Gasteiger partial charge in [-0.1, -0.05) is 42.5 Å². The molecule has 2 aromatic rings. The first-order chi connectivity index (χ1) is 12.7. The lowest BCUT2D eigenvalue weighted by molar-refractivity contribution is -0.132. The number of carbonyl (C=O) groups excluding carboxylic acids is 1. The van der Waals surface area contributed by atoms with Crippen molar-refractivity contribution >= 4 is 5.91 Å². The lowest BCUT2D eigenvalue weighted by atomic mass is 10.0. The molecule has 4 rings (SSSR count). The summed E-state index contributed by atoms with van der Waals surface area (Å²) in [7, 11) is 0. The van der Waals surface area contributed by atoms with E-state index in [9.17, 15) is 9.18 Å². The van der Waals surface area contributed by atoms with Crippen molar-refractivity contribution in [3.8, 4) is 11.1 Å². The van der Waals surface area contributed by atoms with E-state index in [-0.39, 0.29) is 18.1 Å². The molecular formula is C22H25FN2O. The van der Waals surface area contributed by atoms with Crippen LogP contribution in [0.3, 0.4) is 0 Å². The highest BCUT2D eigenvalue weighted by molar-refractivity contribution is 5.79. The summed E-state index contributed by atoms with van der Waals surface area (Å²) < 4.78 is 14.5. The van der Waals surface area contributed by atoms with E-state index in [4.69, 9.17) is 0 Å². The van der Waals surface area contributed by atoms with Gasteiger partial charge in [-0.3, -0.25) is 9.69 Å². The van der Waals surface area contributed by atoms with Gasteiger partial charge in [0.1, 0.15) is 5.82 Å². The number of halogens is 1. The Morgan fingerprint density at radius 3 is 2.38 bits per heavy atom. The summed E-state index contributed by atoms with van der Waals surface area (Å²) in [4.78, 5) is 17.0. The van der Waals surface area contributed by atoms with Crippen LogP contribution in [0, 0.1) is 11.7 Å². The number of piperazine rings is 1. The van der Waals surface area contributed by atoms with Crippen molar-refractivity contribution in [3.05, 3.63) is 59.9 Å². The van der Waals surface area contributed by atoms with Gasteiger partial charge < -0.3 is 4.90 Å². The summed E-state index contributed by atoms with van der Waals surface area (Å²) in [6, 6.07) is 14.6. The number of rotatable bonds is 5. The van der Waals surface area contributed by atoms with Crippen molar-refractivity contribution in [1.82, 2.24) is 9.80 Å². The van der Waals surface area contributed by atoms with Crippen LogP contribution in [0.1, 0.15) is 18.4 Å². The Bertz CT molecular complexity index is 765. The van der Waals surface area contributed by atoms with E-state index in [1.807, 2.05) is 41.3 Å². The highest BCUT2D eigenvalue weighted by atomic mass is 19.1. The Kier molecular flexibility index (Phi) is 5.02. The molecule has 0 unspecified atom stereocenters. The first-order valence-corrected chi connectivity index (χ1v) is 9.53. The second kappa shape index (κ2) is 7.58. The summed E-state index contributed by atoms with van der Waals surface area (Å²) in [5, 5.41) is 0. The molecule has 1 aliphatic heterocycles. The molecule has 2 aromatic carbocycles. The van der Waals surface area contributed by atoms with Gasteiger partial charge in [-0.15, -0.1) is 0 Å². The molecule has 1 aliphatic carbocycles. The number of hydrogen-bond acceptors (Lipinski definition) is 2. The number of benzene rings is 2. The van der Waals surface area contributed by atoms with Crippen LogP contribution >= 0.6 is 0 Å². The molecule has 1 heterocycles. The quantitative estimate of drug-likeness (QED) is 0.821. The first-order valence-electron chi connectivity index (χ1n) is 9.53. The summed E-state index contributed by atoms with van der Waals surface area (Å²) in [6.45, 7) is 4.69. The van der Waals surface area contributed by atoms with Gasteiger partial charge in [-0.2, -0.15) is 0 Å². The van der Waals surface area contributed by atoms with Gasteiger partial charge in [-0.05, 0) is 36.0 Å². The Hall–Kier alpha value is -2.20. The molecule has 1 amide bonds. The smallest absolute Gasteiger partial charge is 0.227 e. The molecule has 0 radical (unpaired) electrons. The van der Waals surface area contributed by atoms with E-state index in [2.05, 4.69) is 4.90 Å². The number of hydrogen-bond donors (Lipinski definition) is 0. The minimum atomic E-state index is -0.268. The molecule has 26 heavy (non-hydrogen) atoms. The molecule has 0 aromatic heterocycles. The fraction of sp³-hybridized carbons (Fsp3) is 0.409. The molecular weight excluding hydrogens is 327 g/mol. The maximum atomic E-state index is 14.5. The number of nitrogens with zero attached hydrogens (tertiary/aromatic N) is 2. The lowest BCUT2D eigenvalue weighted by Gasteiger charge is -2.34. The van der Waals surface area contributed by atoms with Crippen molar-refractivity contribution in [2.45, 2.75) is 19.3 Å². The summed E-state index contributed by atoms with van der Waals surface area (Å²) in [6.07, 6.45) is 3.00. The van der Waals surface area contributed by atoms with Crippen LogP contribution in [0.2, 0.25) is 0 Å². The molecule has 1 saturated heterocycles. The second-order valence-electron chi connectivity index (χ2n) is 7.48. The summed E-state index contributed by atoms with van der Waals surface area (Å²) in [5.74, 6) is 0.724. The van der Waals surface area contributed by atoms with E-state index in [1.54, 1.807) is 6.07 Å². The molecule has 4 heteroatoms.